The first-order chi connectivity index (χ1) is 10.9. The number of nitrogens with one attached hydrogen (secondary N) is 2. The van der Waals surface area contributed by atoms with Crippen molar-refractivity contribution in [2.75, 3.05) is 18.3 Å². The molecule has 0 atom stereocenters. The fourth-order valence-electron chi connectivity index (χ4n) is 1.58. The number of rotatable bonds is 6. The van der Waals surface area contributed by atoms with Gasteiger partial charge in [-0.1, -0.05) is 11.6 Å². The average Bonchev–Trinajstić information content (AvgIpc) is 2.53. The molecule has 0 aliphatic carbocycles. The maximum Gasteiger partial charge on any atom is 0.253 e. The summed E-state index contributed by atoms with van der Waals surface area (Å²) in [6.45, 7) is 0. The van der Waals surface area contributed by atoms with Crippen molar-refractivity contribution in [3.05, 3.63) is 41.6 Å². The fraction of sp³-hybridized carbons (Fsp3) is 0.154. The molecular formula is C13H13ClN4O4S. The molecule has 0 spiro atoms. The van der Waals surface area contributed by atoms with Crippen LogP contribution in [0.2, 0.25) is 5.02 Å². The summed E-state index contributed by atoms with van der Waals surface area (Å²) in [4.78, 5) is 19.5. The highest BCUT2D eigenvalue weighted by molar-refractivity contribution is 7.92. The molecule has 10 heteroatoms. The second kappa shape index (κ2) is 7.25. The molecule has 0 unspecified atom stereocenters. The third kappa shape index (κ3) is 4.80. The van der Waals surface area contributed by atoms with E-state index in [0.29, 0.717) is 10.9 Å². The minimum Gasteiger partial charge on any atom is -0.481 e. The Balaban J connectivity index is 1.97. The van der Waals surface area contributed by atoms with Crippen LogP contribution in [0.4, 0.5) is 5.95 Å². The average molecular weight is 357 g/mol. The van der Waals surface area contributed by atoms with Crippen LogP contribution >= 0.6 is 11.6 Å². The largest absolute Gasteiger partial charge is 0.481 e. The molecule has 0 aliphatic heterocycles. The highest BCUT2D eigenvalue weighted by Crippen LogP contribution is 2.15. The molecule has 23 heavy (non-hydrogen) atoms. The van der Waals surface area contributed by atoms with Gasteiger partial charge >= 0.3 is 0 Å². The number of aromatic nitrogens is 2. The number of carbonyl (C=O) groups excluding carboxylic acids is 1. The molecule has 8 nitrogen and oxygen atoms in total. The van der Waals surface area contributed by atoms with Gasteiger partial charge in [-0.2, -0.15) is 4.98 Å². The molecule has 1 heterocycles. The molecule has 122 valence electrons. The number of halogens is 1. The van der Waals surface area contributed by atoms with E-state index in [1.54, 1.807) is 0 Å². The highest BCUT2D eigenvalue weighted by Gasteiger charge is 2.19. The van der Waals surface area contributed by atoms with Gasteiger partial charge in [0, 0.05) is 17.3 Å². The lowest BCUT2D eigenvalue weighted by Gasteiger charge is -2.08. The maximum atomic E-state index is 12.1. The minimum atomic E-state index is -3.77. The Labute approximate surface area is 137 Å². The second-order valence-electron chi connectivity index (χ2n) is 4.31. The van der Waals surface area contributed by atoms with Gasteiger partial charge in [0.25, 0.3) is 5.91 Å². The Hall–Kier alpha value is -2.39. The molecule has 2 aromatic rings. The van der Waals surface area contributed by atoms with Crippen molar-refractivity contribution >= 4 is 33.3 Å². The van der Waals surface area contributed by atoms with Gasteiger partial charge in [-0.3, -0.25) is 15.6 Å². The van der Waals surface area contributed by atoms with Crippen LogP contribution in [0.5, 0.6) is 5.88 Å². The number of methoxy groups -OCH3 is 1. The highest BCUT2D eigenvalue weighted by atomic mass is 35.5. The predicted octanol–water partition coefficient (Wildman–Crippen LogP) is 1.06. The van der Waals surface area contributed by atoms with Crippen LogP contribution in [-0.2, 0) is 14.6 Å². The van der Waals surface area contributed by atoms with E-state index >= 15 is 0 Å². The lowest BCUT2D eigenvalue weighted by atomic mass is 10.4. The van der Waals surface area contributed by atoms with Crippen molar-refractivity contribution in [2.45, 2.75) is 4.90 Å². The van der Waals surface area contributed by atoms with Gasteiger partial charge in [0.1, 0.15) is 5.75 Å². The molecule has 0 fully saturated rings. The van der Waals surface area contributed by atoms with Crippen LogP contribution in [-0.4, -0.2) is 37.2 Å². The first kappa shape index (κ1) is 17.0. The number of benzene rings is 1. The number of nitrogens with zero attached hydrogens (tertiary/aromatic N) is 2. The van der Waals surface area contributed by atoms with Gasteiger partial charge in [-0.15, -0.1) is 0 Å². The Bertz CT molecular complexity index is 796. The zero-order valence-corrected chi connectivity index (χ0v) is 13.6. The first-order valence-electron chi connectivity index (χ1n) is 6.31. The van der Waals surface area contributed by atoms with E-state index in [9.17, 15) is 13.2 Å². The van der Waals surface area contributed by atoms with E-state index < -0.39 is 21.5 Å². The van der Waals surface area contributed by atoms with Crippen molar-refractivity contribution in [3.63, 3.8) is 0 Å². The van der Waals surface area contributed by atoms with Crippen LogP contribution in [0.3, 0.4) is 0 Å². The molecule has 0 saturated heterocycles. The van der Waals surface area contributed by atoms with E-state index in [1.165, 1.54) is 43.6 Å². The zero-order chi connectivity index (χ0) is 16.9. The maximum absolute atomic E-state index is 12.1. The van der Waals surface area contributed by atoms with Gasteiger partial charge in [0.05, 0.1) is 12.0 Å². The van der Waals surface area contributed by atoms with Crippen LogP contribution in [0.15, 0.2) is 41.4 Å². The van der Waals surface area contributed by atoms with Gasteiger partial charge in [-0.05, 0) is 24.3 Å². The third-order valence-electron chi connectivity index (χ3n) is 2.65. The molecule has 0 aliphatic rings. The summed E-state index contributed by atoms with van der Waals surface area (Å²) in [5.41, 5.74) is 4.63. The standard InChI is InChI=1S/C13H13ClN4O4S/c1-22-12-6-7-15-13(16-12)18-17-11(19)8-23(20,21)10-4-2-9(14)3-5-10/h2-7H,8H2,1H3,(H,17,19)(H,15,16,18). The Morgan fingerprint density at radius 2 is 1.96 bits per heavy atom. The van der Waals surface area contributed by atoms with Crippen molar-refractivity contribution in [1.29, 1.82) is 0 Å². The van der Waals surface area contributed by atoms with Crippen molar-refractivity contribution in [2.24, 2.45) is 0 Å². The minimum absolute atomic E-state index is 0.00896. The van der Waals surface area contributed by atoms with Crippen molar-refractivity contribution in [3.8, 4) is 5.88 Å². The topological polar surface area (TPSA) is 110 Å². The number of hydrogen-bond acceptors (Lipinski definition) is 7. The molecule has 2 N–H and O–H groups in total. The SMILES string of the molecule is COc1ccnc(NNC(=O)CS(=O)(=O)c2ccc(Cl)cc2)n1. The van der Waals surface area contributed by atoms with E-state index in [2.05, 4.69) is 20.8 Å². The number of sulfone groups is 1. The number of amides is 1. The Kier molecular flexibility index (Phi) is 5.35. The van der Waals surface area contributed by atoms with E-state index in [0.717, 1.165) is 0 Å². The van der Waals surface area contributed by atoms with Crippen molar-refractivity contribution < 1.29 is 17.9 Å². The summed E-state index contributed by atoms with van der Waals surface area (Å²) in [7, 11) is -2.34. The molecule has 0 saturated carbocycles. The van der Waals surface area contributed by atoms with Gasteiger partial charge in [0.2, 0.25) is 11.8 Å². The summed E-state index contributed by atoms with van der Waals surface area (Å²) in [6.07, 6.45) is 1.42. The number of hydrogen-bond donors (Lipinski definition) is 2. The third-order valence-corrected chi connectivity index (χ3v) is 4.53. The molecule has 2 rings (SSSR count). The Morgan fingerprint density at radius 1 is 1.26 bits per heavy atom. The van der Waals surface area contributed by atoms with Gasteiger partial charge in [-0.25, -0.2) is 13.4 Å². The number of anilines is 1. The smallest absolute Gasteiger partial charge is 0.253 e. The molecule has 0 radical (unpaired) electrons. The molecule has 0 bridgehead atoms. The first-order valence-corrected chi connectivity index (χ1v) is 8.34. The normalized spacial score (nSPS) is 10.9. The van der Waals surface area contributed by atoms with Crippen LogP contribution in [0.25, 0.3) is 0 Å². The monoisotopic (exact) mass is 356 g/mol. The van der Waals surface area contributed by atoms with E-state index in [-0.39, 0.29) is 10.8 Å². The molecular weight excluding hydrogens is 344 g/mol. The van der Waals surface area contributed by atoms with Crippen LogP contribution in [0.1, 0.15) is 0 Å². The molecule has 1 aromatic carbocycles. The van der Waals surface area contributed by atoms with Gasteiger partial charge < -0.3 is 4.74 Å². The van der Waals surface area contributed by atoms with Crippen LogP contribution < -0.4 is 15.6 Å². The van der Waals surface area contributed by atoms with E-state index in [4.69, 9.17) is 16.3 Å². The summed E-state index contributed by atoms with van der Waals surface area (Å²) in [5, 5.41) is 0.408. The number of carbonyl (C=O) groups is 1. The lowest BCUT2D eigenvalue weighted by Crippen LogP contribution is -2.35. The summed E-state index contributed by atoms with van der Waals surface area (Å²) in [6, 6.07) is 7.08. The Morgan fingerprint density at radius 3 is 2.61 bits per heavy atom. The molecule has 1 amide bonds. The summed E-state index contributed by atoms with van der Waals surface area (Å²) in [5.74, 6) is -1.12. The number of ether oxygens (including phenoxy) is 1. The second-order valence-corrected chi connectivity index (χ2v) is 6.73. The fourth-order valence-corrected chi connectivity index (χ4v) is 2.84. The lowest BCUT2D eigenvalue weighted by molar-refractivity contribution is -0.118. The van der Waals surface area contributed by atoms with Crippen molar-refractivity contribution in [1.82, 2.24) is 15.4 Å². The van der Waals surface area contributed by atoms with E-state index in [1.807, 2.05) is 0 Å². The van der Waals surface area contributed by atoms with Crippen LogP contribution in [0, 0.1) is 0 Å². The van der Waals surface area contributed by atoms with Gasteiger partial charge in [0.15, 0.2) is 9.84 Å². The number of hydrazine groups is 1. The predicted molar refractivity (Wildman–Crippen MR) is 83.9 cm³/mol. The summed E-state index contributed by atoms with van der Waals surface area (Å²) >= 11 is 5.70. The summed E-state index contributed by atoms with van der Waals surface area (Å²) < 4.78 is 29.1. The quantitative estimate of drug-likeness (QED) is 0.744. The zero-order valence-electron chi connectivity index (χ0n) is 12.0. The molecule has 1 aromatic heterocycles.